The van der Waals surface area contributed by atoms with E-state index in [1.54, 1.807) is 30.8 Å². The van der Waals surface area contributed by atoms with E-state index in [1.807, 2.05) is 0 Å². The van der Waals surface area contributed by atoms with Crippen LogP contribution in [0.15, 0.2) is 40.9 Å². The lowest BCUT2D eigenvalue weighted by atomic mass is 9.55. The molecule has 4 aliphatic carbocycles. The van der Waals surface area contributed by atoms with Gasteiger partial charge in [-0.05, 0) is 38.6 Å². The third-order valence-electron chi connectivity index (χ3n) is 9.14. The van der Waals surface area contributed by atoms with Crippen LogP contribution in [-0.4, -0.2) is 91.6 Å². The number of hydrogen-bond acceptors (Lipinski definition) is 11. The van der Waals surface area contributed by atoms with Gasteiger partial charge >= 0.3 is 5.97 Å². The molecule has 1 aromatic rings. The Kier molecular flexibility index (Phi) is 7.92. The predicted molar refractivity (Wildman–Crippen MR) is 153 cm³/mol. The number of aromatic hydroxyl groups is 1. The van der Waals surface area contributed by atoms with E-state index in [0.29, 0.717) is 16.6 Å². The van der Waals surface area contributed by atoms with Crippen molar-refractivity contribution in [3.8, 4) is 5.75 Å². The molecule has 1 fully saturated rings. The summed E-state index contributed by atoms with van der Waals surface area (Å²) in [5.74, 6) is -9.02. The molecule has 11 nitrogen and oxygen atoms in total. The van der Waals surface area contributed by atoms with Gasteiger partial charge in [-0.3, -0.25) is 24.1 Å². The fourth-order valence-electron chi connectivity index (χ4n) is 7.24. The monoisotopic (exact) mass is 600 g/mol. The molecule has 0 radical (unpaired) electrons. The minimum atomic E-state index is -2.95. The molecular weight excluding hydrogens is 564 g/mol. The van der Waals surface area contributed by atoms with Gasteiger partial charge in [0.2, 0.25) is 5.78 Å². The van der Waals surface area contributed by atoms with E-state index in [2.05, 4.69) is 0 Å². The number of aliphatic hydroxyl groups is 3. The molecule has 42 heavy (non-hydrogen) atoms. The van der Waals surface area contributed by atoms with Crippen LogP contribution in [0.1, 0.15) is 60.9 Å². The van der Waals surface area contributed by atoms with Crippen LogP contribution in [0.25, 0.3) is 0 Å². The highest BCUT2D eigenvalue weighted by Gasteiger charge is 2.68. The lowest BCUT2D eigenvalue weighted by Crippen LogP contribution is -2.69. The molecular formula is C30H36N2O9S. The van der Waals surface area contributed by atoms with Gasteiger partial charge in [-0.2, -0.15) is 11.8 Å². The van der Waals surface area contributed by atoms with E-state index in [9.17, 15) is 39.6 Å². The average molecular weight is 601 g/mol. The quantitative estimate of drug-likeness (QED) is 0.228. The second-order valence-corrected chi connectivity index (χ2v) is 13.0. The number of nitrogens with zero attached hydrogens (tertiary/aromatic N) is 1. The second-order valence-electron chi connectivity index (χ2n) is 11.7. The minimum Gasteiger partial charge on any atom is -0.510 e. The van der Waals surface area contributed by atoms with E-state index < -0.39 is 76.0 Å². The average Bonchev–Trinajstić information content (AvgIpc) is 3.45. The SMILES string of the molecule is CCC(=O)O[C@H]1C2C(=C(O)[C@]3(O)C(=O)C(C(N)=O)=C(O)[C@@H](N(C)C)C13)C(=O)c1c(O)cccc1[C@@H]2CSC1CCCC1. The summed E-state index contributed by atoms with van der Waals surface area (Å²) in [7, 11) is 3.05. The lowest BCUT2D eigenvalue weighted by Gasteiger charge is -2.54. The Morgan fingerprint density at radius 3 is 2.40 bits per heavy atom. The number of thioether (sulfide) groups is 1. The van der Waals surface area contributed by atoms with Crippen LogP contribution >= 0.6 is 11.8 Å². The van der Waals surface area contributed by atoms with Crippen molar-refractivity contribution in [1.29, 1.82) is 0 Å². The smallest absolute Gasteiger partial charge is 0.305 e. The number of primary amides is 1. The van der Waals surface area contributed by atoms with Gasteiger partial charge in [0.25, 0.3) is 5.91 Å². The Bertz CT molecular complexity index is 1410. The fourth-order valence-corrected chi connectivity index (χ4v) is 8.78. The maximum atomic E-state index is 14.1. The third kappa shape index (κ3) is 4.42. The van der Waals surface area contributed by atoms with Gasteiger partial charge in [-0.15, -0.1) is 0 Å². The Morgan fingerprint density at radius 1 is 1.14 bits per heavy atom. The number of fused-ring (bicyclic) bond motifs is 3. The van der Waals surface area contributed by atoms with E-state index in [-0.39, 0.29) is 23.3 Å². The molecule has 0 aliphatic heterocycles. The Hall–Kier alpha value is -3.35. The normalized spacial score (nSPS) is 31.2. The molecule has 6 atom stereocenters. The van der Waals surface area contributed by atoms with Gasteiger partial charge in [-0.1, -0.05) is 31.9 Å². The number of phenolic OH excluding ortho intramolecular Hbond substituents is 1. The molecule has 0 saturated heterocycles. The van der Waals surface area contributed by atoms with E-state index in [1.165, 1.54) is 25.1 Å². The van der Waals surface area contributed by atoms with Crippen LogP contribution < -0.4 is 5.73 Å². The van der Waals surface area contributed by atoms with Crippen LogP contribution in [0.2, 0.25) is 0 Å². The number of ketones is 2. The zero-order valence-electron chi connectivity index (χ0n) is 23.7. The Balaban J connectivity index is 1.80. The van der Waals surface area contributed by atoms with Crippen LogP contribution in [-0.2, 0) is 19.1 Å². The molecule has 5 rings (SSSR count). The highest BCUT2D eigenvalue weighted by atomic mass is 32.2. The van der Waals surface area contributed by atoms with Gasteiger partial charge in [0.15, 0.2) is 11.4 Å². The van der Waals surface area contributed by atoms with Crippen molar-refractivity contribution in [2.75, 3.05) is 19.8 Å². The zero-order valence-corrected chi connectivity index (χ0v) is 24.5. The number of hydrogen-bond donors (Lipinski definition) is 5. The number of rotatable bonds is 7. The number of nitrogens with two attached hydrogens (primary N) is 1. The van der Waals surface area contributed by atoms with Crippen molar-refractivity contribution in [3.63, 3.8) is 0 Å². The summed E-state index contributed by atoms with van der Waals surface area (Å²) in [6.07, 6.45) is 2.77. The summed E-state index contributed by atoms with van der Waals surface area (Å²) in [5.41, 5.74) is 1.63. The van der Waals surface area contributed by atoms with Gasteiger partial charge in [0.1, 0.15) is 28.9 Å². The fraction of sp³-hybridized carbons (Fsp3) is 0.533. The number of carbonyl (C=O) groups excluding carboxylic acids is 4. The molecule has 1 amide bonds. The molecule has 4 aliphatic rings. The first-order valence-electron chi connectivity index (χ1n) is 14.1. The Labute approximate surface area is 247 Å². The number of aliphatic hydroxyl groups excluding tert-OH is 2. The molecule has 0 heterocycles. The first-order chi connectivity index (χ1) is 19.9. The third-order valence-corrected chi connectivity index (χ3v) is 10.6. The van der Waals surface area contributed by atoms with Crippen LogP contribution in [0.5, 0.6) is 5.75 Å². The zero-order chi connectivity index (χ0) is 30.7. The van der Waals surface area contributed by atoms with Crippen molar-refractivity contribution in [1.82, 2.24) is 4.90 Å². The maximum Gasteiger partial charge on any atom is 0.305 e. The summed E-state index contributed by atoms with van der Waals surface area (Å²) in [6, 6.07) is 3.34. The van der Waals surface area contributed by atoms with E-state index in [4.69, 9.17) is 10.5 Å². The topological polar surface area (TPSA) is 188 Å². The largest absolute Gasteiger partial charge is 0.510 e. The highest BCUT2D eigenvalue weighted by Crippen LogP contribution is 2.57. The van der Waals surface area contributed by atoms with Crippen molar-refractivity contribution < 1.29 is 44.3 Å². The second kappa shape index (κ2) is 11.1. The van der Waals surface area contributed by atoms with E-state index in [0.717, 1.165) is 25.7 Å². The van der Waals surface area contributed by atoms with Gasteiger partial charge in [0, 0.05) is 34.8 Å². The van der Waals surface area contributed by atoms with Gasteiger partial charge in [-0.25, -0.2) is 0 Å². The van der Waals surface area contributed by atoms with Crippen molar-refractivity contribution in [2.24, 2.45) is 17.6 Å². The minimum absolute atomic E-state index is 0.0683. The number of Topliss-reactive ketones (excluding diaryl/α,β-unsaturated/α-hetero) is 2. The molecule has 6 N–H and O–H groups in total. The van der Waals surface area contributed by atoms with E-state index >= 15 is 0 Å². The van der Waals surface area contributed by atoms with Crippen molar-refractivity contribution >= 4 is 35.2 Å². The number of phenols is 1. The van der Waals surface area contributed by atoms with Gasteiger partial charge in [0.05, 0.1) is 17.5 Å². The summed E-state index contributed by atoms with van der Waals surface area (Å²) in [6.45, 7) is 1.57. The number of likely N-dealkylation sites (N-methyl/N-ethyl adjacent to an activating group) is 1. The van der Waals surface area contributed by atoms with Crippen molar-refractivity contribution in [2.45, 2.75) is 67.9 Å². The predicted octanol–water partition coefficient (Wildman–Crippen LogP) is 2.27. The molecule has 12 heteroatoms. The maximum absolute atomic E-state index is 14.1. The number of ether oxygens (including phenoxy) is 1. The van der Waals surface area contributed by atoms with Crippen LogP contribution in [0, 0.1) is 11.8 Å². The summed E-state index contributed by atoms with van der Waals surface area (Å²) in [4.78, 5) is 54.6. The molecule has 0 spiro atoms. The van der Waals surface area contributed by atoms with Crippen LogP contribution in [0.4, 0.5) is 0 Å². The Morgan fingerprint density at radius 2 is 1.81 bits per heavy atom. The lowest BCUT2D eigenvalue weighted by molar-refractivity contribution is -0.180. The summed E-state index contributed by atoms with van der Waals surface area (Å²) >= 11 is 1.69. The molecule has 1 saturated carbocycles. The standard InChI is InChI=1S/C30H36N2O9S/c1-4-17(34)41-26-19-15(12-42-13-8-5-6-9-13)14-10-7-11-16(33)18(14)24(35)20(19)27(37)30(40)22(26)23(32(2)3)25(36)21(28(30)38)29(31)39/h7,10-11,13,15,19,22-23,26,33,36-37,40H,4-6,8-9,12H2,1-3H3,(H2,31,39)/t15-,19?,22?,23-,26-,30-/m0/s1. The molecule has 0 aromatic heterocycles. The van der Waals surface area contributed by atoms with Crippen molar-refractivity contribution in [3.05, 3.63) is 52.0 Å². The molecule has 0 bridgehead atoms. The summed E-state index contributed by atoms with van der Waals surface area (Å²) in [5, 5.41) is 46.3. The first-order valence-corrected chi connectivity index (χ1v) is 15.2. The molecule has 226 valence electrons. The first kappa shape index (κ1) is 30.1. The van der Waals surface area contributed by atoms with Gasteiger partial charge < -0.3 is 30.9 Å². The number of amides is 1. The number of esters is 1. The highest BCUT2D eigenvalue weighted by molar-refractivity contribution is 7.99. The van der Waals surface area contributed by atoms with Crippen LogP contribution in [0.3, 0.4) is 0 Å². The molecule has 2 unspecified atom stereocenters. The molecule has 1 aromatic carbocycles. The number of carbonyl (C=O) groups is 4. The summed E-state index contributed by atoms with van der Waals surface area (Å²) < 4.78 is 5.96. The number of benzene rings is 1.